The number of benzene rings is 1. The van der Waals surface area contributed by atoms with E-state index in [4.69, 9.17) is 9.47 Å². The molecule has 0 aliphatic heterocycles. The maximum absolute atomic E-state index is 11.8. The molecule has 0 spiro atoms. The third-order valence-corrected chi connectivity index (χ3v) is 4.53. The topological polar surface area (TPSA) is 60.5 Å². The van der Waals surface area contributed by atoms with E-state index in [9.17, 15) is 4.79 Å². The number of halogens is 1. The second kappa shape index (κ2) is 7.31. The van der Waals surface area contributed by atoms with E-state index >= 15 is 0 Å². The van der Waals surface area contributed by atoms with Crippen LogP contribution in [0.1, 0.15) is 32.0 Å². The number of nitrogens with one attached hydrogen (secondary N) is 1. The van der Waals surface area contributed by atoms with Crippen LogP contribution in [-0.2, 0) is 11.2 Å². The highest BCUT2D eigenvalue weighted by Crippen LogP contribution is 2.30. The highest BCUT2D eigenvalue weighted by atomic mass is 79.9. The number of carbonyl (C=O) groups excluding carboxylic acids is 1. The fourth-order valence-corrected chi connectivity index (χ4v) is 3.21. The van der Waals surface area contributed by atoms with Gasteiger partial charge in [-0.25, -0.2) is 9.78 Å². The number of amides is 1. The number of hydrogen-bond acceptors (Lipinski definition) is 5. The fraction of sp³-hybridized carbons (Fsp3) is 0.375. The molecule has 7 heteroatoms. The summed E-state index contributed by atoms with van der Waals surface area (Å²) in [5.41, 5.74) is 1.44. The van der Waals surface area contributed by atoms with Crippen molar-refractivity contribution in [2.75, 3.05) is 12.4 Å². The van der Waals surface area contributed by atoms with Crippen molar-refractivity contribution in [3.8, 4) is 5.75 Å². The van der Waals surface area contributed by atoms with Crippen molar-refractivity contribution >= 4 is 38.5 Å². The zero-order valence-corrected chi connectivity index (χ0v) is 15.9. The fourth-order valence-electron chi connectivity index (χ4n) is 1.82. The van der Waals surface area contributed by atoms with Gasteiger partial charge in [0.2, 0.25) is 0 Å². The Morgan fingerprint density at radius 1 is 1.30 bits per heavy atom. The summed E-state index contributed by atoms with van der Waals surface area (Å²) < 4.78 is 11.3. The van der Waals surface area contributed by atoms with E-state index in [0.29, 0.717) is 11.6 Å². The Morgan fingerprint density at radius 2 is 1.96 bits per heavy atom. The zero-order valence-electron chi connectivity index (χ0n) is 13.5. The Bertz CT molecular complexity index is 678. The van der Waals surface area contributed by atoms with Crippen molar-refractivity contribution in [2.24, 2.45) is 0 Å². The van der Waals surface area contributed by atoms with Gasteiger partial charge >= 0.3 is 6.09 Å². The summed E-state index contributed by atoms with van der Waals surface area (Å²) in [6.07, 6.45) is 0.159. The Labute approximate surface area is 148 Å². The van der Waals surface area contributed by atoms with Crippen LogP contribution in [0.4, 0.5) is 9.93 Å². The van der Waals surface area contributed by atoms with Crippen LogP contribution in [-0.4, -0.2) is 23.8 Å². The first-order chi connectivity index (χ1) is 10.8. The minimum Gasteiger partial charge on any atom is -0.497 e. The molecule has 1 aromatic heterocycles. The molecule has 0 aliphatic rings. The molecule has 0 fully saturated rings. The first-order valence-electron chi connectivity index (χ1n) is 7.05. The zero-order chi connectivity index (χ0) is 17.0. The summed E-state index contributed by atoms with van der Waals surface area (Å²) in [4.78, 5) is 16.2. The van der Waals surface area contributed by atoms with E-state index in [1.54, 1.807) is 7.11 Å². The van der Waals surface area contributed by atoms with Crippen molar-refractivity contribution in [1.82, 2.24) is 4.98 Å². The number of aromatic nitrogens is 1. The quantitative estimate of drug-likeness (QED) is 0.798. The number of anilines is 1. The predicted octanol–water partition coefficient (Wildman–Crippen LogP) is 4.85. The van der Waals surface area contributed by atoms with E-state index in [0.717, 1.165) is 20.8 Å². The lowest BCUT2D eigenvalue weighted by Gasteiger charge is -2.18. The molecule has 1 aromatic carbocycles. The molecule has 1 amide bonds. The van der Waals surface area contributed by atoms with Gasteiger partial charge in [0.15, 0.2) is 5.13 Å². The standard InChI is InChI=1S/C16H19BrN2O3S/c1-16(2,3)22-15(20)19-14-18-12(13(17)23-14)9-10-5-7-11(21-4)8-6-10/h5-8H,9H2,1-4H3,(H,18,19,20). The lowest BCUT2D eigenvalue weighted by atomic mass is 10.1. The molecule has 0 bridgehead atoms. The highest BCUT2D eigenvalue weighted by molar-refractivity contribution is 9.11. The largest absolute Gasteiger partial charge is 0.497 e. The molecule has 2 aromatic rings. The molecule has 2 rings (SSSR count). The maximum Gasteiger partial charge on any atom is 0.413 e. The van der Waals surface area contributed by atoms with Crippen LogP contribution in [0.25, 0.3) is 0 Å². The Kier molecular flexibility index (Phi) is 5.64. The lowest BCUT2D eigenvalue weighted by molar-refractivity contribution is 0.0636. The maximum atomic E-state index is 11.8. The van der Waals surface area contributed by atoms with Crippen LogP contribution >= 0.6 is 27.3 Å². The molecule has 0 saturated heterocycles. The van der Waals surface area contributed by atoms with Crippen LogP contribution in [0, 0.1) is 0 Å². The van der Waals surface area contributed by atoms with E-state index < -0.39 is 11.7 Å². The number of methoxy groups -OCH3 is 1. The third-order valence-electron chi connectivity index (χ3n) is 2.79. The first kappa shape index (κ1) is 17.7. The summed E-state index contributed by atoms with van der Waals surface area (Å²) in [5, 5.41) is 3.17. The van der Waals surface area contributed by atoms with Gasteiger partial charge in [-0.15, -0.1) is 0 Å². The number of hydrogen-bond donors (Lipinski definition) is 1. The Balaban J connectivity index is 2.04. The Morgan fingerprint density at radius 3 is 2.52 bits per heavy atom. The number of nitrogens with zero attached hydrogens (tertiary/aromatic N) is 1. The summed E-state index contributed by atoms with van der Waals surface area (Å²) in [7, 11) is 1.64. The molecule has 1 heterocycles. The van der Waals surface area contributed by atoms with Gasteiger partial charge in [-0.2, -0.15) is 0 Å². The molecular weight excluding hydrogens is 380 g/mol. The van der Waals surface area contributed by atoms with Crippen LogP contribution in [0.3, 0.4) is 0 Å². The predicted molar refractivity (Wildman–Crippen MR) is 95.5 cm³/mol. The molecule has 23 heavy (non-hydrogen) atoms. The molecule has 0 aliphatic carbocycles. The van der Waals surface area contributed by atoms with Crippen molar-refractivity contribution in [2.45, 2.75) is 32.8 Å². The van der Waals surface area contributed by atoms with Gasteiger partial charge in [-0.05, 0) is 54.4 Å². The van der Waals surface area contributed by atoms with Crippen LogP contribution < -0.4 is 10.1 Å². The number of carbonyl (C=O) groups is 1. The number of ether oxygens (including phenoxy) is 2. The average Bonchev–Trinajstić information content (AvgIpc) is 2.77. The highest BCUT2D eigenvalue weighted by Gasteiger charge is 2.18. The van der Waals surface area contributed by atoms with E-state index in [1.165, 1.54) is 11.3 Å². The van der Waals surface area contributed by atoms with Gasteiger partial charge < -0.3 is 9.47 Å². The van der Waals surface area contributed by atoms with Crippen LogP contribution in [0.5, 0.6) is 5.75 Å². The number of thiazole rings is 1. The third kappa shape index (κ3) is 5.51. The van der Waals surface area contributed by atoms with Crippen LogP contribution in [0.15, 0.2) is 28.1 Å². The van der Waals surface area contributed by atoms with Crippen molar-refractivity contribution in [1.29, 1.82) is 0 Å². The van der Waals surface area contributed by atoms with Crippen molar-refractivity contribution in [3.63, 3.8) is 0 Å². The van der Waals surface area contributed by atoms with Gasteiger partial charge in [0.1, 0.15) is 11.4 Å². The van der Waals surface area contributed by atoms with Gasteiger partial charge in [-0.1, -0.05) is 23.5 Å². The summed E-state index contributed by atoms with van der Waals surface area (Å²) >= 11 is 4.86. The monoisotopic (exact) mass is 398 g/mol. The van der Waals surface area contributed by atoms with E-state index in [-0.39, 0.29) is 0 Å². The molecule has 0 radical (unpaired) electrons. The molecule has 0 atom stereocenters. The van der Waals surface area contributed by atoms with Gasteiger partial charge in [-0.3, -0.25) is 5.32 Å². The van der Waals surface area contributed by atoms with Gasteiger partial charge in [0.05, 0.1) is 16.6 Å². The Hall–Kier alpha value is -1.60. The molecule has 0 unspecified atom stereocenters. The molecule has 1 N–H and O–H groups in total. The van der Waals surface area contributed by atoms with Crippen molar-refractivity contribution < 1.29 is 14.3 Å². The minimum atomic E-state index is -0.537. The van der Waals surface area contributed by atoms with Crippen molar-refractivity contribution in [3.05, 3.63) is 39.3 Å². The molecular formula is C16H19BrN2O3S. The second-order valence-electron chi connectivity index (χ2n) is 5.89. The molecule has 124 valence electrons. The first-order valence-corrected chi connectivity index (χ1v) is 8.66. The van der Waals surface area contributed by atoms with Gasteiger partial charge in [0, 0.05) is 6.42 Å². The SMILES string of the molecule is COc1ccc(Cc2nc(NC(=O)OC(C)(C)C)sc2Br)cc1. The second-order valence-corrected chi connectivity index (χ2v) is 8.21. The summed E-state index contributed by atoms with van der Waals surface area (Å²) in [6.45, 7) is 5.46. The smallest absolute Gasteiger partial charge is 0.413 e. The van der Waals surface area contributed by atoms with Crippen LogP contribution in [0.2, 0.25) is 0 Å². The average molecular weight is 399 g/mol. The van der Waals surface area contributed by atoms with E-state index in [1.807, 2.05) is 45.0 Å². The number of rotatable bonds is 4. The summed E-state index contributed by atoms with van der Waals surface area (Å²) in [5.74, 6) is 0.818. The normalized spacial score (nSPS) is 11.2. The summed E-state index contributed by atoms with van der Waals surface area (Å²) in [6, 6.07) is 7.81. The molecule has 0 saturated carbocycles. The lowest BCUT2D eigenvalue weighted by Crippen LogP contribution is -2.27. The van der Waals surface area contributed by atoms with Gasteiger partial charge in [0.25, 0.3) is 0 Å². The molecule has 5 nitrogen and oxygen atoms in total. The minimum absolute atomic E-state index is 0.505. The van der Waals surface area contributed by atoms with E-state index in [2.05, 4.69) is 26.2 Å².